The van der Waals surface area contributed by atoms with Crippen LogP contribution in [0.1, 0.15) is 30.1 Å². The molecule has 1 aromatic rings. The summed E-state index contributed by atoms with van der Waals surface area (Å²) in [4.78, 5) is 12.0. The Hall–Kier alpha value is -0.680. The van der Waals surface area contributed by atoms with E-state index in [1.165, 1.54) is 18.6 Å². The lowest BCUT2D eigenvalue weighted by Crippen LogP contribution is -2.36. The quantitative estimate of drug-likeness (QED) is 0.838. The zero-order valence-corrected chi connectivity index (χ0v) is 12.7. The smallest absolute Gasteiger partial charge is 0.251 e. The third-order valence-electron chi connectivity index (χ3n) is 3.18. The van der Waals surface area contributed by atoms with Gasteiger partial charge in [0.2, 0.25) is 0 Å². The van der Waals surface area contributed by atoms with E-state index in [9.17, 15) is 4.79 Å². The van der Waals surface area contributed by atoms with E-state index in [4.69, 9.17) is 5.73 Å². The minimum absolute atomic E-state index is 0.0528. The van der Waals surface area contributed by atoms with E-state index in [2.05, 4.69) is 28.2 Å². The summed E-state index contributed by atoms with van der Waals surface area (Å²) >= 11 is 5.26. The molecule has 0 spiro atoms. The Labute approximate surface area is 120 Å². The number of carbonyl (C=O) groups excluding carboxylic acids is 1. The van der Waals surface area contributed by atoms with Crippen LogP contribution in [0.2, 0.25) is 0 Å². The number of rotatable bonds is 3. The fraction of sp³-hybridized carbons (Fsp3) is 0.462. The number of nitrogens with one attached hydrogen (secondary N) is 1. The zero-order valence-electron chi connectivity index (χ0n) is 10.3. The standard InChI is InChI=1S/C13H17BrN2OS/c1-13(5-2-6-18-13)8-16-12(17)9-3-4-10(14)11(15)7-9/h3-4,7H,2,5-6,8,15H2,1H3,(H,16,17). The second-order valence-corrected chi connectivity index (χ2v) is 7.36. The van der Waals surface area contributed by atoms with E-state index in [0.717, 1.165) is 4.47 Å². The van der Waals surface area contributed by atoms with Gasteiger partial charge >= 0.3 is 0 Å². The minimum Gasteiger partial charge on any atom is -0.398 e. The van der Waals surface area contributed by atoms with Gasteiger partial charge < -0.3 is 11.1 Å². The molecule has 0 aromatic heterocycles. The van der Waals surface area contributed by atoms with Gasteiger partial charge in [-0.2, -0.15) is 11.8 Å². The van der Waals surface area contributed by atoms with Crippen molar-refractivity contribution in [3.05, 3.63) is 28.2 Å². The van der Waals surface area contributed by atoms with Gasteiger partial charge in [-0.25, -0.2) is 0 Å². The number of hydrogen-bond acceptors (Lipinski definition) is 3. The van der Waals surface area contributed by atoms with E-state index >= 15 is 0 Å². The minimum atomic E-state index is -0.0528. The molecule has 1 aliphatic rings. The maximum Gasteiger partial charge on any atom is 0.251 e. The van der Waals surface area contributed by atoms with Crippen LogP contribution in [0, 0.1) is 0 Å². The van der Waals surface area contributed by atoms with Gasteiger partial charge in [0.25, 0.3) is 5.91 Å². The van der Waals surface area contributed by atoms with Gasteiger partial charge in [-0.1, -0.05) is 0 Å². The van der Waals surface area contributed by atoms with Crippen molar-refractivity contribution in [1.82, 2.24) is 5.32 Å². The summed E-state index contributed by atoms with van der Waals surface area (Å²) in [6.45, 7) is 2.92. The zero-order chi connectivity index (χ0) is 13.2. The summed E-state index contributed by atoms with van der Waals surface area (Å²) in [5, 5.41) is 3.00. The fourth-order valence-electron chi connectivity index (χ4n) is 2.03. The highest BCUT2D eigenvalue weighted by atomic mass is 79.9. The van der Waals surface area contributed by atoms with Gasteiger partial charge in [0.05, 0.1) is 0 Å². The number of nitrogens with two attached hydrogens (primary N) is 1. The lowest BCUT2D eigenvalue weighted by Gasteiger charge is -2.22. The van der Waals surface area contributed by atoms with Crippen molar-refractivity contribution in [2.24, 2.45) is 0 Å². The number of halogens is 1. The number of hydrogen-bond donors (Lipinski definition) is 2. The monoisotopic (exact) mass is 328 g/mol. The van der Waals surface area contributed by atoms with Crippen molar-refractivity contribution in [2.75, 3.05) is 18.0 Å². The molecule has 1 aliphatic heterocycles. The van der Waals surface area contributed by atoms with Gasteiger partial charge in [0.1, 0.15) is 0 Å². The molecule has 0 radical (unpaired) electrons. The van der Waals surface area contributed by atoms with Crippen LogP contribution < -0.4 is 11.1 Å². The normalized spacial score (nSPS) is 23.0. The molecule has 18 heavy (non-hydrogen) atoms. The first-order valence-corrected chi connectivity index (χ1v) is 7.75. The molecule has 1 aromatic carbocycles. The Morgan fingerprint density at radius 2 is 2.39 bits per heavy atom. The lowest BCUT2D eigenvalue weighted by molar-refractivity contribution is 0.0950. The lowest BCUT2D eigenvalue weighted by atomic mass is 10.1. The van der Waals surface area contributed by atoms with Crippen molar-refractivity contribution >= 4 is 39.3 Å². The van der Waals surface area contributed by atoms with Crippen molar-refractivity contribution < 1.29 is 4.79 Å². The van der Waals surface area contributed by atoms with Crippen molar-refractivity contribution in [1.29, 1.82) is 0 Å². The third-order valence-corrected chi connectivity index (χ3v) is 5.44. The SMILES string of the molecule is CC1(CNC(=O)c2ccc(Br)c(N)c2)CCCS1. The van der Waals surface area contributed by atoms with Crippen molar-refractivity contribution in [3.8, 4) is 0 Å². The predicted molar refractivity (Wildman–Crippen MR) is 81.0 cm³/mol. The van der Waals surface area contributed by atoms with Crippen molar-refractivity contribution in [3.63, 3.8) is 0 Å². The van der Waals surface area contributed by atoms with Crippen LogP contribution in [0.5, 0.6) is 0 Å². The van der Waals surface area contributed by atoms with Crippen LogP contribution in [-0.4, -0.2) is 23.0 Å². The van der Waals surface area contributed by atoms with E-state index in [-0.39, 0.29) is 10.7 Å². The van der Waals surface area contributed by atoms with Gasteiger partial charge in [-0.15, -0.1) is 0 Å². The van der Waals surface area contributed by atoms with Crippen molar-refractivity contribution in [2.45, 2.75) is 24.5 Å². The van der Waals surface area contributed by atoms with Crippen LogP contribution in [0.15, 0.2) is 22.7 Å². The Morgan fingerprint density at radius 1 is 1.61 bits per heavy atom. The van der Waals surface area contributed by atoms with E-state index < -0.39 is 0 Å². The van der Waals surface area contributed by atoms with Crippen LogP contribution >= 0.6 is 27.7 Å². The molecule has 0 saturated carbocycles. The maximum atomic E-state index is 12.0. The predicted octanol–water partition coefficient (Wildman–Crippen LogP) is 3.05. The van der Waals surface area contributed by atoms with Gasteiger partial charge in [0.15, 0.2) is 0 Å². The summed E-state index contributed by atoms with van der Waals surface area (Å²) in [5.41, 5.74) is 6.97. The summed E-state index contributed by atoms with van der Waals surface area (Å²) < 4.78 is 1.01. The molecule has 1 fully saturated rings. The maximum absolute atomic E-state index is 12.0. The van der Waals surface area contributed by atoms with Crippen LogP contribution in [0.4, 0.5) is 5.69 Å². The fourth-order valence-corrected chi connectivity index (χ4v) is 3.52. The first kappa shape index (κ1) is 13.7. The molecule has 1 atom stereocenters. The molecule has 0 aliphatic carbocycles. The Bertz CT molecular complexity index is 458. The van der Waals surface area contributed by atoms with Gasteiger partial charge in [-0.05, 0) is 59.6 Å². The van der Waals surface area contributed by atoms with E-state index in [1.54, 1.807) is 18.2 Å². The highest BCUT2D eigenvalue weighted by Crippen LogP contribution is 2.37. The average molecular weight is 329 g/mol. The summed E-state index contributed by atoms with van der Waals surface area (Å²) in [5.74, 6) is 1.14. The largest absolute Gasteiger partial charge is 0.398 e. The molecule has 1 saturated heterocycles. The third kappa shape index (κ3) is 3.20. The second-order valence-electron chi connectivity index (χ2n) is 4.82. The Kier molecular flexibility index (Phi) is 4.22. The summed E-state index contributed by atoms with van der Waals surface area (Å²) in [7, 11) is 0. The molecular weight excluding hydrogens is 312 g/mol. The Morgan fingerprint density at radius 3 is 3.00 bits per heavy atom. The number of benzene rings is 1. The molecule has 98 valence electrons. The topological polar surface area (TPSA) is 55.1 Å². The molecule has 3 N–H and O–H groups in total. The molecule has 1 unspecified atom stereocenters. The second kappa shape index (κ2) is 5.53. The summed E-state index contributed by atoms with van der Waals surface area (Å²) in [6.07, 6.45) is 2.41. The number of anilines is 1. The van der Waals surface area contributed by atoms with Crippen LogP contribution in [-0.2, 0) is 0 Å². The highest BCUT2D eigenvalue weighted by Gasteiger charge is 2.29. The summed E-state index contributed by atoms with van der Waals surface area (Å²) in [6, 6.07) is 5.28. The highest BCUT2D eigenvalue weighted by molar-refractivity contribution is 9.10. The number of carbonyl (C=O) groups is 1. The van der Waals surface area contributed by atoms with Crippen LogP contribution in [0.3, 0.4) is 0 Å². The Balaban J connectivity index is 1.97. The molecule has 3 nitrogen and oxygen atoms in total. The number of amides is 1. The molecular formula is C13H17BrN2OS. The first-order valence-electron chi connectivity index (χ1n) is 5.97. The van der Waals surface area contributed by atoms with Gasteiger partial charge in [0, 0.05) is 27.0 Å². The van der Waals surface area contributed by atoms with E-state index in [0.29, 0.717) is 17.8 Å². The molecule has 0 bridgehead atoms. The molecule has 5 heteroatoms. The molecule has 1 amide bonds. The molecule has 2 rings (SSSR count). The number of nitrogen functional groups attached to an aromatic ring is 1. The average Bonchev–Trinajstić information content (AvgIpc) is 2.77. The first-order chi connectivity index (χ1) is 8.50. The van der Waals surface area contributed by atoms with Gasteiger partial charge in [-0.3, -0.25) is 4.79 Å². The van der Waals surface area contributed by atoms with E-state index in [1.807, 2.05) is 11.8 Å². The number of thioether (sulfide) groups is 1. The van der Waals surface area contributed by atoms with Crippen LogP contribution in [0.25, 0.3) is 0 Å². The molecule has 1 heterocycles.